The zero-order valence-electron chi connectivity index (χ0n) is 53.2. The molecule has 19 nitrogen and oxygen atoms in total. The molecule has 3 aliphatic heterocycles. The maximum absolute atomic E-state index is 13.4. The second-order valence-electron chi connectivity index (χ2n) is 24.3. The number of allylic oxidation sites excluding steroid dienone is 9. The Bertz CT molecular complexity index is 1820. The molecule has 0 saturated carbocycles. The van der Waals surface area contributed by atoms with E-state index in [2.05, 4.69) is 67.8 Å². The highest BCUT2D eigenvalue weighted by atomic mass is 16.8. The summed E-state index contributed by atoms with van der Waals surface area (Å²) in [6.45, 7) is 1.61. The highest BCUT2D eigenvalue weighted by Crippen LogP contribution is 2.33. The van der Waals surface area contributed by atoms with Gasteiger partial charge in [0.05, 0.1) is 38.6 Å². The van der Waals surface area contributed by atoms with Crippen molar-refractivity contribution in [2.75, 3.05) is 26.4 Å². The van der Waals surface area contributed by atoms with E-state index in [0.29, 0.717) is 6.42 Å². The van der Waals surface area contributed by atoms with Gasteiger partial charge in [-0.15, -0.1) is 0 Å². The lowest BCUT2D eigenvalue weighted by molar-refractivity contribution is -0.379. The molecule has 506 valence electrons. The van der Waals surface area contributed by atoms with E-state index in [-0.39, 0.29) is 18.9 Å². The van der Waals surface area contributed by atoms with E-state index in [1.807, 2.05) is 6.08 Å². The number of carbonyl (C=O) groups is 1. The highest BCUT2D eigenvalue weighted by Gasteiger charge is 2.53. The third-order valence-corrected chi connectivity index (χ3v) is 16.8. The van der Waals surface area contributed by atoms with Crippen LogP contribution in [0.1, 0.15) is 232 Å². The molecule has 0 radical (unpaired) electrons. The van der Waals surface area contributed by atoms with E-state index >= 15 is 0 Å². The second kappa shape index (κ2) is 50.1. The average Bonchev–Trinajstić information content (AvgIpc) is 1.69. The van der Waals surface area contributed by atoms with Crippen LogP contribution in [0.15, 0.2) is 60.8 Å². The first-order valence-corrected chi connectivity index (χ1v) is 34.0. The van der Waals surface area contributed by atoms with Crippen molar-refractivity contribution in [3.8, 4) is 0 Å². The summed E-state index contributed by atoms with van der Waals surface area (Å²) in [6.07, 6.45) is 33.5. The molecule has 0 aromatic heterocycles. The summed E-state index contributed by atoms with van der Waals surface area (Å²) in [4.78, 5) is 13.4. The third kappa shape index (κ3) is 32.6. The maximum Gasteiger partial charge on any atom is 0.220 e. The predicted octanol–water partition coefficient (Wildman–Crippen LogP) is 8.38. The number of amides is 1. The van der Waals surface area contributed by atoms with Gasteiger partial charge in [-0.1, -0.05) is 229 Å². The zero-order chi connectivity index (χ0) is 63.3. The Labute approximate surface area is 522 Å². The van der Waals surface area contributed by atoms with Crippen molar-refractivity contribution in [3.05, 3.63) is 60.8 Å². The summed E-state index contributed by atoms with van der Waals surface area (Å²) >= 11 is 0. The largest absolute Gasteiger partial charge is 0.394 e. The molecule has 3 fully saturated rings. The fourth-order valence-corrected chi connectivity index (χ4v) is 11.3. The van der Waals surface area contributed by atoms with Gasteiger partial charge in [0.1, 0.15) is 73.2 Å². The molecule has 3 heterocycles. The zero-order valence-corrected chi connectivity index (χ0v) is 53.2. The number of hydrogen-bond donors (Lipinski definition) is 12. The van der Waals surface area contributed by atoms with Gasteiger partial charge in [-0.25, -0.2) is 0 Å². The van der Waals surface area contributed by atoms with E-state index in [9.17, 15) is 61.0 Å². The number of carbonyl (C=O) groups excluding carboxylic acids is 1. The molecule has 3 aliphatic rings. The summed E-state index contributed by atoms with van der Waals surface area (Å²) in [6, 6.07) is -0.973. The maximum atomic E-state index is 13.4. The molecular weight excluding hydrogens is 1120 g/mol. The molecule has 0 bridgehead atoms. The van der Waals surface area contributed by atoms with Gasteiger partial charge in [-0.3, -0.25) is 4.79 Å². The van der Waals surface area contributed by atoms with E-state index in [0.717, 1.165) is 70.6 Å². The Balaban J connectivity index is 1.39. The first kappa shape index (κ1) is 78.7. The standard InChI is InChI=1S/C68H121NO18/c1-3-5-7-9-11-13-15-17-18-19-20-21-22-23-24-25-26-27-28-29-30-31-32-34-36-38-40-42-44-46-56(74)69-51(52(73)45-43-41-39-37-35-33-16-14-12-10-8-6-4-2)50-82-66-62(80)59(77)64(54(48-71)84-66)87-68-63(81)60(78)65(55(49-72)85-68)86-67-61(79)58(76)57(75)53(47-70)83-67/h5,7,11,13,17-18,20-21,43,45,51-55,57-68,70-73,75-81H,3-4,6,8-10,12,14-16,19,22-42,44,46-50H2,1-2H3,(H,69,74)/b7-5-,13-11-,18-17-,21-20-,45-43+. The van der Waals surface area contributed by atoms with Crippen molar-refractivity contribution in [1.82, 2.24) is 5.32 Å². The van der Waals surface area contributed by atoms with Crippen LogP contribution >= 0.6 is 0 Å². The Morgan fingerprint density at radius 1 is 0.425 bits per heavy atom. The van der Waals surface area contributed by atoms with Crippen LogP contribution in [0.5, 0.6) is 0 Å². The molecule has 17 atom stereocenters. The quantitative estimate of drug-likeness (QED) is 0.0201. The molecule has 3 saturated heterocycles. The molecule has 0 aliphatic carbocycles. The summed E-state index contributed by atoms with van der Waals surface area (Å²) < 4.78 is 34.3. The predicted molar refractivity (Wildman–Crippen MR) is 337 cm³/mol. The van der Waals surface area contributed by atoms with Crippen LogP contribution < -0.4 is 5.32 Å². The first-order valence-electron chi connectivity index (χ1n) is 34.0. The second-order valence-corrected chi connectivity index (χ2v) is 24.3. The smallest absolute Gasteiger partial charge is 0.220 e. The van der Waals surface area contributed by atoms with E-state index in [4.69, 9.17) is 28.4 Å². The van der Waals surface area contributed by atoms with Crippen molar-refractivity contribution < 1.29 is 89.4 Å². The first-order chi connectivity index (χ1) is 42.3. The molecule has 12 N–H and O–H groups in total. The van der Waals surface area contributed by atoms with E-state index in [1.165, 1.54) is 135 Å². The van der Waals surface area contributed by atoms with Crippen molar-refractivity contribution >= 4 is 5.91 Å². The highest BCUT2D eigenvalue weighted by molar-refractivity contribution is 5.76. The molecule has 19 heteroatoms. The minimum atomic E-state index is -1.98. The fourth-order valence-electron chi connectivity index (χ4n) is 11.3. The van der Waals surface area contributed by atoms with Gasteiger partial charge in [0.15, 0.2) is 18.9 Å². The Morgan fingerprint density at radius 2 is 0.793 bits per heavy atom. The molecular formula is C68H121NO18. The average molecular weight is 1240 g/mol. The Kier molecular flexibility index (Phi) is 45.3. The molecule has 0 aromatic carbocycles. The number of ether oxygens (including phenoxy) is 6. The number of rotatable bonds is 51. The lowest BCUT2D eigenvalue weighted by Crippen LogP contribution is -2.66. The number of aliphatic hydroxyl groups excluding tert-OH is 11. The topological polar surface area (TPSA) is 307 Å². The lowest BCUT2D eigenvalue weighted by atomic mass is 9.96. The summed E-state index contributed by atoms with van der Waals surface area (Å²) in [7, 11) is 0. The van der Waals surface area contributed by atoms with Crippen molar-refractivity contribution in [1.29, 1.82) is 0 Å². The van der Waals surface area contributed by atoms with Crippen LogP contribution in [0.25, 0.3) is 0 Å². The van der Waals surface area contributed by atoms with Crippen molar-refractivity contribution in [2.45, 2.75) is 336 Å². The van der Waals surface area contributed by atoms with Gasteiger partial charge < -0.3 is 89.9 Å². The summed E-state index contributed by atoms with van der Waals surface area (Å²) in [5.74, 6) is -0.277. The van der Waals surface area contributed by atoms with Crippen LogP contribution in [-0.2, 0) is 33.2 Å². The fraction of sp³-hybridized carbons (Fsp3) is 0.838. The Morgan fingerprint density at radius 3 is 1.24 bits per heavy atom. The monoisotopic (exact) mass is 1240 g/mol. The lowest BCUT2D eigenvalue weighted by Gasteiger charge is -2.48. The van der Waals surface area contributed by atoms with Crippen LogP contribution in [-0.4, -0.2) is 193 Å². The van der Waals surface area contributed by atoms with Gasteiger partial charge >= 0.3 is 0 Å². The van der Waals surface area contributed by atoms with Gasteiger partial charge in [0.25, 0.3) is 0 Å². The van der Waals surface area contributed by atoms with Crippen LogP contribution in [0, 0.1) is 0 Å². The van der Waals surface area contributed by atoms with Gasteiger partial charge in [-0.2, -0.15) is 0 Å². The van der Waals surface area contributed by atoms with Crippen LogP contribution in [0.4, 0.5) is 0 Å². The van der Waals surface area contributed by atoms with E-state index in [1.54, 1.807) is 6.08 Å². The summed E-state index contributed by atoms with van der Waals surface area (Å²) in [5.41, 5.74) is 0. The third-order valence-electron chi connectivity index (χ3n) is 16.8. The van der Waals surface area contributed by atoms with Crippen molar-refractivity contribution in [2.24, 2.45) is 0 Å². The molecule has 0 aromatic rings. The Hall–Kier alpha value is -2.51. The molecule has 17 unspecified atom stereocenters. The van der Waals surface area contributed by atoms with Gasteiger partial charge in [0, 0.05) is 6.42 Å². The van der Waals surface area contributed by atoms with Gasteiger partial charge in [0.2, 0.25) is 5.91 Å². The van der Waals surface area contributed by atoms with E-state index < -0.39 is 124 Å². The number of aliphatic hydroxyl groups is 11. The van der Waals surface area contributed by atoms with Crippen LogP contribution in [0.2, 0.25) is 0 Å². The van der Waals surface area contributed by atoms with Gasteiger partial charge in [-0.05, 0) is 57.8 Å². The summed E-state index contributed by atoms with van der Waals surface area (Å²) in [5, 5.41) is 120. The number of unbranched alkanes of at least 4 members (excludes halogenated alkanes) is 27. The normalized spacial score (nSPS) is 29.0. The number of hydrogen-bond acceptors (Lipinski definition) is 18. The number of nitrogens with one attached hydrogen (secondary N) is 1. The molecule has 3 rings (SSSR count). The van der Waals surface area contributed by atoms with Crippen molar-refractivity contribution in [3.63, 3.8) is 0 Å². The molecule has 87 heavy (non-hydrogen) atoms. The minimum Gasteiger partial charge on any atom is -0.394 e. The molecule has 1 amide bonds. The minimum absolute atomic E-state index is 0.242. The SMILES string of the molecule is CC/C=C\C/C=C\C/C=C\C/C=C\CCCCCCCCCCCCCCCCCCC(=O)NC(COC1OC(CO)C(OC2OC(CO)C(OC3OC(CO)C(O)C(O)C3O)C(O)C2O)C(O)C1O)C(O)/C=C/CCCCCCCCCCCCC. The van der Waals surface area contributed by atoms with Crippen LogP contribution in [0.3, 0.4) is 0 Å². The molecule has 0 spiro atoms.